The first-order valence-electron chi connectivity index (χ1n) is 8.66. The Morgan fingerprint density at radius 3 is 2.92 bits per heavy atom. The number of hydrogen-bond acceptors (Lipinski definition) is 4. The molecule has 1 aromatic carbocycles. The van der Waals surface area contributed by atoms with Crippen LogP contribution >= 0.6 is 12.4 Å². The number of benzene rings is 1. The standard InChI is InChI=1S/C18H24F2N2O3.ClH/c1-24-14-6-5-12(8-15(14)25-17(19)20)9-22-16(23)18-7-3-2-4-13(18)10-21-11-18;/h5-6,8,13,17,21H,2-4,7,9-11H2,1H3,(H,22,23);1H/t13-,18+;/m0./s1. The van der Waals surface area contributed by atoms with Crippen molar-refractivity contribution in [3.8, 4) is 11.5 Å². The summed E-state index contributed by atoms with van der Waals surface area (Å²) in [4.78, 5) is 12.8. The van der Waals surface area contributed by atoms with Crippen molar-refractivity contribution in [2.75, 3.05) is 20.2 Å². The normalized spacial score (nSPS) is 24.5. The van der Waals surface area contributed by atoms with Gasteiger partial charge < -0.3 is 20.1 Å². The molecule has 3 rings (SSSR count). The number of halogens is 3. The first-order chi connectivity index (χ1) is 12.0. The molecule has 5 nitrogen and oxygen atoms in total. The van der Waals surface area contributed by atoms with Crippen LogP contribution in [0.2, 0.25) is 0 Å². The molecule has 146 valence electrons. The number of alkyl halides is 2. The molecule has 2 fully saturated rings. The number of methoxy groups -OCH3 is 1. The zero-order valence-corrected chi connectivity index (χ0v) is 15.5. The second-order valence-corrected chi connectivity index (χ2v) is 6.78. The lowest BCUT2D eigenvalue weighted by atomic mass is 9.67. The smallest absolute Gasteiger partial charge is 0.387 e. The number of ether oxygens (including phenoxy) is 2. The minimum atomic E-state index is -2.93. The number of hydrogen-bond donors (Lipinski definition) is 2. The lowest BCUT2D eigenvalue weighted by molar-refractivity contribution is -0.134. The van der Waals surface area contributed by atoms with Crippen LogP contribution in [0.4, 0.5) is 8.78 Å². The topological polar surface area (TPSA) is 59.6 Å². The molecule has 1 heterocycles. The zero-order valence-electron chi connectivity index (χ0n) is 14.7. The van der Waals surface area contributed by atoms with Gasteiger partial charge in [0, 0.05) is 13.1 Å². The van der Waals surface area contributed by atoms with Gasteiger partial charge in [0.05, 0.1) is 12.5 Å². The van der Waals surface area contributed by atoms with Gasteiger partial charge in [-0.1, -0.05) is 18.9 Å². The van der Waals surface area contributed by atoms with E-state index in [0.717, 1.165) is 25.8 Å². The third kappa shape index (κ3) is 4.20. The van der Waals surface area contributed by atoms with Crippen LogP contribution < -0.4 is 20.1 Å². The van der Waals surface area contributed by atoms with E-state index in [1.165, 1.54) is 19.6 Å². The van der Waals surface area contributed by atoms with Crippen LogP contribution in [0.3, 0.4) is 0 Å². The minimum absolute atomic E-state index is 0. The zero-order chi connectivity index (χ0) is 17.9. The molecule has 1 aliphatic heterocycles. The van der Waals surface area contributed by atoms with Gasteiger partial charge >= 0.3 is 6.61 Å². The van der Waals surface area contributed by atoms with Crippen LogP contribution in [0.15, 0.2) is 18.2 Å². The summed E-state index contributed by atoms with van der Waals surface area (Å²) in [6.45, 7) is -1.05. The molecule has 2 atom stereocenters. The first kappa shape index (κ1) is 20.7. The summed E-state index contributed by atoms with van der Waals surface area (Å²) in [5, 5.41) is 6.34. The van der Waals surface area contributed by atoms with Gasteiger partial charge in [0.15, 0.2) is 11.5 Å². The predicted molar refractivity (Wildman–Crippen MR) is 96.0 cm³/mol. The van der Waals surface area contributed by atoms with E-state index in [1.807, 2.05) is 0 Å². The van der Waals surface area contributed by atoms with E-state index < -0.39 is 6.61 Å². The summed E-state index contributed by atoms with van der Waals surface area (Å²) >= 11 is 0. The molecular weight excluding hydrogens is 366 g/mol. The Kier molecular flexibility index (Phi) is 7.06. The van der Waals surface area contributed by atoms with Crippen LogP contribution in [-0.2, 0) is 11.3 Å². The maximum Gasteiger partial charge on any atom is 0.387 e. The molecule has 0 radical (unpaired) electrons. The molecule has 0 spiro atoms. The van der Waals surface area contributed by atoms with E-state index in [1.54, 1.807) is 12.1 Å². The number of carbonyl (C=O) groups is 1. The van der Waals surface area contributed by atoms with Gasteiger partial charge in [0.2, 0.25) is 5.91 Å². The Morgan fingerprint density at radius 2 is 2.19 bits per heavy atom. The minimum Gasteiger partial charge on any atom is -0.493 e. The quantitative estimate of drug-likeness (QED) is 0.783. The van der Waals surface area contributed by atoms with Crippen molar-refractivity contribution in [1.29, 1.82) is 0 Å². The van der Waals surface area contributed by atoms with Crippen LogP contribution in [-0.4, -0.2) is 32.7 Å². The number of fused-ring (bicyclic) bond motifs is 1. The maximum atomic E-state index is 12.8. The summed E-state index contributed by atoms with van der Waals surface area (Å²) in [6, 6.07) is 4.78. The fourth-order valence-corrected chi connectivity index (χ4v) is 4.07. The summed E-state index contributed by atoms with van der Waals surface area (Å²) in [7, 11) is 1.39. The molecule has 1 amide bonds. The van der Waals surface area contributed by atoms with Crippen molar-refractivity contribution >= 4 is 18.3 Å². The Labute approximate surface area is 158 Å². The van der Waals surface area contributed by atoms with Gasteiger partial charge in [-0.25, -0.2) is 0 Å². The number of nitrogens with one attached hydrogen (secondary N) is 2. The Balaban J connectivity index is 0.00000243. The van der Waals surface area contributed by atoms with Crippen LogP contribution in [0.1, 0.15) is 31.2 Å². The summed E-state index contributed by atoms with van der Waals surface area (Å²) in [6.07, 6.45) is 4.23. The summed E-state index contributed by atoms with van der Waals surface area (Å²) < 4.78 is 34.5. The van der Waals surface area contributed by atoms with E-state index in [0.29, 0.717) is 18.0 Å². The van der Waals surface area contributed by atoms with Gasteiger partial charge in [0.1, 0.15) is 0 Å². The number of carbonyl (C=O) groups excluding carboxylic acids is 1. The fraction of sp³-hybridized carbons (Fsp3) is 0.611. The van der Waals surface area contributed by atoms with E-state index in [4.69, 9.17) is 4.74 Å². The molecule has 0 bridgehead atoms. The molecule has 0 aromatic heterocycles. The molecule has 1 saturated heterocycles. The molecule has 1 saturated carbocycles. The van der Waals surface area contributed by atoms with Gasteiger partial charge in [0.25, 0.3) is 0 Å². The molecule has 26 heavy (non-hydrogen) atoms. The van der Waals surface area contributed by atoms with Crippen molar-refractivity contribution in [3.05, 3.63) is 23.8 Å². The first-order valence-corrected chi connectivity index (χ1v) is 8.66. The van der Waals surface area contributed by atoms with Crippen LogP contribution in [0.5, 0.6) is 11.5 Å². The molecule has 8 heteroatoms. The van der Waals surface area contributed by atoms with Crippen LogP contribution in [0.25, 0.3) is 0 Å². The lowest BCUT2D eigenvalue weighted by Crippen LogP contribution is -2.47. The monoisotopic (exact) mass is 390 g/mol. The van der Waals surface area contributed by atoms with Crippen molar-refractivity contribution in [2.24, 2.45) is 11.3 Å². The SMILES string of the molecule is COc1ccc(CNC(=O)[C@@]23CCCC[C@H]2CNC3)cc1OC(F)F.Cl. The van der Waals surface area contributed by atoms with Gasteiger partial charge in [-0.15, -0.1) is 12.4 Å². The molecular formula is C18H25ClF2N2O3. The third-order valence-corrected chi connectivity index (χ3v) is 5.39. The average molecular weight is 391 g/mol. The summed E-state index contributed by atoms with van der Waals surface area (Å²) in [5.41, 5.74) is 0.368. The Bertz CT molecular complexity index is 632. The van der Waals surface area contributed by atoms with Crippen molar-refractivity contribution in [2.45, 2.75) is 38.8 Å². The van der Waals surface area contributed by atoms with Gasteiger partial charge in [-0.05, 0) is 43.0 Å². The Morgan fingerprint density at radius 1 is 1.38 bits per heavy atom. The highest BCUT2D eigenvalue weighted by molar-refractivity contribution is 5.85. The van der Waals surface area contributed by atoms with E-state index in [-0.39, 0.29) is 41.8 Å². The summed E-state index contributed by atoms with van der Waals surface area (Å²) in [5.74, 6) is 0.644. The average Bonchev–Trinajstić information content (AvgIpc) is 3.04. The fourth-order valence-electron chi connectivity index (χ4n) is 4.07. The van der Waals surface area contributed by atoms with Crippen molar-refractivity contribution < 1.29 is 23.0 Å². The van der Waals surface area contributed by atoms with E-state index in [2.05, 4.69) is 15.4 Å². The molecule has 1 aliphatic carbocycles. The second-order valence-electron chi connectivity index (χ2n) is 6.78. The Hall–Kier alpha value is -1.60. The van der Waals surface area contributed by atoms with Crippen molar-refractivity contribution in [3.63, 3.8) is 0 Å². The molecule has 0 unspecified atom stereocenters. The predicted octanol–water partition coefficient (Wildman–Crippen LogP) is 3.11. The lowest BCUT2D eigenvalue weighted by Gasteiger charge is -2.37. The molecule has 1 aromatic rings. The van der Waals surface area contributed by atoms with E-state index >= 15 is 0 Å². The largest absolute Gasteiger partial charge is 0.493 e. The van der Waals surface area contributed by atoms with Gasteiger partial charge in [-0.3, -0.25) is 4.79 Å². The highest BCUT2D eigenvalue weighted by atomic mass is 35.5. The molecule has 2 aliphatic rings. The second kappa shape index (κ2) is 8.86. The third-order valence-electron chi connectivity index (χ3n) is 5.39. The van der Waals surface area contributed by atoms with E-state index in [9.17, 15) is 13.6 Å². The highest BCUT2D eigenvalue weighted by Gasteiger charge is 2.49. The van der Waals surface area contributed by atoms with Crippen LogP contribution in [0, 0.1) is 11.3 Å². The number of amides is 1. The van der Waals surface area contributed by atoms with Crippen molar-refractivity contribution in [1.82, 2.24) is 10.6 Å². The highest BCUT2D eigenvalue weighted by Crippen LogP contribution is 2.44. The number of rotatable bonds is 6. The maximum absolute atomic E-state index is 12.8. The molecule has 2 N–H and O–H groups in total. The van der Waals surface area contributed by atoms with Gasteiger partial charge in [-0.2, -0.15) is 8.78 Å².